The number of hydrogen-bond acceptors (Lipinski definition) is 11. The number of hydrogen-bond donors (Lipinski definition) is 0. The van der Waals surface area contributed by atoms with Crippen LogP contribution in [-0.2, 0) is 41.5 Å². The van der Waals surface area contributed by atoms with Crippen LogP contribution in [0.2, 0.25) is 0 Å². The van der Waals surface area contributed by atoms with E-state index >= 15 is 4.39 Å². The van der Waals surface area contributed by atoms with Gasteiger partial charge in [-0.25, -0.2) is 4.39 Å². The predicted octanol–water partition coefficient (Wildman–Crippen LogP) is 6.71. The molecule has 290 valence electrons. The van der Waals surface area contributed by atoms with E-state index in [0.29, 0.717) is 76.4 Å². The van der Waals surface area contributed by atoms with Gasteiger partial charge in [0.1, 0.15) is 11.5 Å². The minimum absolute atomic E-state index is 0.0746. The number of methoxy groups -OCH3 is 1. The van der Waals surface area contributed by atoms with Gasteiger partial charge < -0.3 is 28.6 Å². The number of benzene rings is 1. The highest BCUT2D eigenvalue weighted by Crippen LogP contribution is 2.39. The van der Waals surface area contributed by atoms with E-state index in [0.717, 1.165) is 71.7 Å². The van der Waals surface area contributed by atoms with Gasteiger partial charge in [-0.05, 0) is 67.0 Å². The van der Waals surface area contributed by atoms with E-state index in [-0.39, 0.29) is 29.9 Å². The molecule has 6 rings (SSSR count). The maximum atomic E-state index is 15.1. The first-order chi connectivity index (χ1) is 26.4. The fraction of sp³-hybridized carbons (Fsp3) is 0.512. The van der Waals surface area contributed by atoms with Crippen molar-refractivity contribution in [2.75, 3.05) is 73.0 Å². The number of nitrogens with zero attached hydrogens (tertiary/aromatic N) is 4. The van der Waals surface area contributed by atoms with E-state index < -0.39 is 5.82 Å². The van der Waals surface area contributed by atoms with Crippen LogP contribution in [-0.4, -0.2) is 110 Å². The van der Waals surface area contributed by atoms with Crippen LogP contribution in [0.3, 0.4) is 0 Å². The first-order valence-electron chi connectivity index (χ1n) is 18.9. The van der Waals surface area contributed by atoms with Crippen molar-refractivity contribution in [1.82, 2.24) is 19.8 Å². The van der Waals surface area contributed by atoms with E-state index in [2.05, 4.69) is 16.0 Å². The van der Waals surface area contributed by atoms with Crippen LogP contribution in [0, 0.1) is 11.7 Å². The third kappa shape index (κ3) is 11.8. The molecular formula is C41H51FN4O7S. The molecule has 3 aromatic heterocycles. The molecule has 0 spiro atoms. The van der Waals surface area contributed by atoms with Crippen LogP contribution < -0.4 is 4.74 Å². The number of ether oxygens (including phenoxy) is 5. The Hall–Kier alpha value is -3.85. The van der Waals surface area contributed by atoms with E-state index in [1.54, 1.807) is 38.4 Å². The first kappa shape index (κ1) is 39.8. The number of carbonyl (C=O) groups excluding carboxylic acids is 2. The molecule has 4 heterocycles. The third-order valence-electron chi connectivity index (χ3n) is 9.74. The lowest BCUT2D eigenvalue weighted by molar-refractivity contribution is -0.133. The molecule has 1 saturated carbocycles. The van der Waals surface area contributed by atoms with Crippen molar-refractivity contribution in [3.05, 3.63) is 71.8 Å². The second-order valence-electron chi connectivity index (χ2n) is 14.0. The van der Waals surface area contributed by atoms with Gasteiger partial charge in [0.15, 0.2) is 11.6 Å². The predicted molar refractivity (Wildman–Crippen MR) is 205 cm³/mol. The third-order valence-corrected chi connectivity index (χ3v) is 10.9. The number of Topliss-reactive ketones (excluding diaryl/α,β-unsaturated/α-hetero) is 1. The number of piperidine rings is 1. The molecule has 1 amide bonds. The highest BCUT2D eigenvalue weighted by molar-refractivity contribution is 7.22. The SMILES string of the molecule is COCCOCCOCCOCCN(C(C)=O)C1CCN(Cc2ccc(-c3cc4nccc(Oc5ccc(CC(=O)CC6CC6)cc5F)c4s3)nc2)CC1. The zero-order chi connectivity index (χ0) is 37.7. The topological polar surface area (TPSA) is 113 Å². The van der Waals surface area contributed by atoms with Gasteiger partial charge >= 0.3 is 0 Å². The van der Waals surface area contributed by atoms with Gasteiger partial charge in [-0.1, -0.05) is 12.1 Å². The van der Waals surface area contributed by atoms with Crippen LogP contribution in [0.5, 0.6) is 11.5 Å². The molecule has 1 aliphatic heterocycles. The van der Waals surface area contributed by atoms with Crippen LogP contribution >= 0.6 is 11.3 Å². The summed E-state index contributed by atoms with van der Waals surface area (Å²) in [6, 6.07) is 12.8. The number of likely N-dealkylation sites (tertiary alicyclic amines) is 1. The molecule has 0 atom stereocenters. The van der Waals surface area contributed by atoms with Gasteiger partial charge in [0, 0.05) is 77.6 Å². The monoisotopic (exact) mass is 762 g/mol. The molecule has 54 heavy (non-hydrogen) atoms. The quantitative estimate of drug-likeness (QED) is 0.0802. The van der Waals surface area contributed by atoms with Gasteiger partial charge in [-0.15, -0.1) is 11.3 Å². The second-order valence-corrected chi connectivity index (χ2v) is 15.0. The van der Waals surface area contributed by atoms with Gasteiger partial charge in [-0.3, -0.25) is 24.5 Å². The zero-order valence-corrected chi connectivity index (χ0v) is 32.1. The van der Waals surface area contributed by atoms with E-state index in [1.807, 2.05) is 23.2 Å². The smallest absolute Gasteiger partial charge is 0.219 e. The van der Waals surface area contributed by atoms with Crippen molar-refractivity contribution in [3.63, 3.8) is 0 Å². The molecule has 13 heteroatoms. The average molecular weight is 763 g/mol. The number of ketones is 1. The number of halogens is 1. The Bertz CT molecular complexity index is 1810. The molecule has 11 nitrogen and oxygen atoms in total. The Balaban J connectivity index is 0.950. The maximum absolute atomic E-state index is 15.1. The Labute approximate surface area is 320 Å². The Morgan fingerprint density at radius 2 is 1.59 bits per heavy atom. The Morgan fingerprint density at radius 1 is 0.870 bits per heavy atom. The van der Waals surface area contributed by atoms with Crippen LogP contribution in [0.25, 0.3) is 20.8 Å². The molecule has 2 aliphatic rings. The molecule has 1 aromatic carbocycles. The number of pyridine rings is 2. The van der Waals surface area contributed by atoms with Crippen LogP contribution in [0.4, 0.5) is 4.39 Å². The lowest BCUT2D eigenvalue weighted by Crippen LogP contribution is -2.47. The number of amides is 1. The van der Waals surface area contributed by atoms with Crippen molar-refractivity contribution in [3.8, 4) is 22.1 Å². The minimum Gasteiger partial charge on any atom is -0.453 e. The summed E-state index contributed by atoms with van der Waals surface area (Å²) in [5, 5.41) is 0. The van der Waals surface area contributed by atoms with Crippen molar-refractivity contribution in [2.45, 2.75) is 58.0 Å². The normalized spacial score (nSPS) is 15.2. The summed E-state index contributed by atoms with van der Waals surface area (Å²) >= 11 is 1.50. The fourth-order valence-electron chi connectivity index (χ4n) is 6.68. The highest BCUT2D eigenvalue weighted by atomic mass is 32.1. The second kappa shape index (κ2) is 20.2. The zero-order valence-electron chi connectivity index (χ0n) is 31.3. The molecule has 2 fully saturated rings. The lowest BCUT2D eigenvalue weighted by atomic mass is 10.0. The van der Waals surface area contributed by atoms with Gasteiger partial charge in [-0.2, -0.15) is 0 Å². The first-order valence-corrected chi connectivity index (χ1v) is 19.7. The van der Waals surface area contributed by atoms with Crippen LogP contribution in [0.1, 0.15) is 50.2 Å². The summed E-state index contributed by atoms with van der Waals surface area (Å²) in [5.41, 5.74) is 3.36. The number of rotatable bonds is 22. The highest BCUT2D eigenvalue weighted by Gasteiger charge is 2.27. The van der Waals surface area contributed by atoms with E-state index in [1.165, 1.54) is 17.4 Å². The fourth-order valence-corrected chi connectivity index (χ4v) is 7.72. The lowest BCUT2D eigenvalue weighted by Gasteiger charge is -2.38. The summed E-state index contributed by atoms with van der Waals surface area (Å²) in [5.74, 6) is 0.877. The summed E-state index contributed by atoms with van der Waals surface area (Å²) in [6.07, 6.45) is 8.45. The van der Waals surface area contributed by atoms with Gasteiger partial charge in [0.25, 0.3) is 0 Å². The summed E-state index contributed by atoms with van der Waals surface area (Å²) in [7, 11) is 1.64. The minimum atomic E-state index is -0.495. The number of aromatic nitrogens is 2. The molecule has 0 bridgehead atoms. The summed E-state index contributed by atoms with van der Waals surface area (Å²) in [6.45, 7) is 8.39. The Kier molecular flexibility index (Phi) is 14.9. The molecule has 0 N–H and O–H groups in total. The van der Waals surface area contributed by atoms with Crippen molar-refractivity contribution >= 4 is 33.2 Å². The molecule has 0 radical (unpaired) electrons. The van der Waals surface area contributed by atoms with Crippen molar-refractivity contribution in [2.24, 2.45) is 5.92 Å². The number of fused-ring (bicyclic) bond motifs is 1. The average Bonchev–Trinajstić information content (AvgIpc) is 3.87. The molecular weight excluding hydrogens is 712 g/mol. The molecule has 1 saturated heterocycles. The summed E-state index contributed by atoms with van der Waals surface area (Å²) < 4.78 is 43.5. The standard InChI is InChI=1S/C41H51FN4O7S/c1-29(47)46(15-16-50-19-20-52-22-21-51-18-17-49-2)33-10-13-45(14-11-33)28-32-5-7-36(44-27-32)40-26-37-41(54-40)39(9-12-43-37)53-38-8-6-31(25-35(38)42)24-34(48)23-30-3-4-30/h5-9,12,25-27,30,33H,3-4,10-11,13-24,28H2,1-2H3. The summed E-state index contributed by atoms with van der Waals surface area (Å²) in [4.78, 5) is 39.3. The number of carbonyl (C=O) groups is 2. The van der Waals surface area contributed by atoms with E-state index in [4.69, 9.17) is 28.7 Å². The maximum Gasteiger partial charge on any atom is 0.219 e. The molecule has 0 unspecified atom stereocenters. The Morgan fingerprint density at radius 3 is 2.26 bits per heavy atom. The van der Waals surface area contributed by atoms with Gasteiger partial charge in [0.05, 0.1) is 67.0 Å². The number of thiophene rings is 1. The van der Waals surface area contributed by atoms with Gasteiger partial charge in [0.2, 0.25) is 5.91 Å². The van der Waals surface area contributed by atoms with Crippen molar-refractivity contribution in [1.29, 1.82) is 0 Å². The van der Waals surface area contributed by atoms with E-state index in [9.17, 15) is 9.59 Å². The molecule has 4 aromatic rings. The molecule has 1 aliphatic carbocycles. The van der Waals surface area contributed by atoms with Crippen molar-refractivity contribution < 1.29 is 37.7 Å². The largest absolute Gasteiger partial charge is 0.453 e. The van der Waals surface area contributed by atoms with Crippen LogP contribution in [0.15, 0.2) is 54.9 Å².